The summed E-state index contributed by atoms with van der Waals surface area (Å²) in [4.78, 5) is 13.9. The van der Waals surface area contributed by atoms with Gasteiger partial charge in [-0.1, -0.05) is 30.3 Å². The van der Waals surface area contributed by atoms with Gasteiger partial charge < -0.3 is 10.2 Å². The molecule has 1 aliphatic carbocycles. The third-order valence-corrected chi connectivity index (χ3v) is 5.43. The molecular weight excluding hydrogens is 382 g/mol. The summed E-state index contributed by atoms with van der Waals surface area (Å²) in [5.74, 6) is -0.169. The number of amides is 1. The molecule has 1 N–H and O–H groups in total. The molecule has 154 valence electrons. The summed E-state index contributed by atoms with van der Waals surface area (Å²) in [7, 11) is 3.46. The van der Waals surface area contributed by atoms with E-state index in [1.54, 1.807) is 43.3 Å². The minimum atomic E-state index is -0.409. The molecule has 0 aliphatic heterocycles. The predicted octanol–water partition coefficient (Wildman–Crippen LogP) is 5.88. The number of anilines is 2. The third kappa shape index (κ3) is 4.51. The van der Waals surface area contributed by atoms with E-state index in [-0.39, 0.29) is 18.1 Å². The number of hydrogen-bond donors (Lipinski definition) is 1. The van der Waals surface area contributed by atoms with Crippen molar-refractivity contribution >= 4 is 17.3 Å². The average molecular weight is 406 g/mol. The van der Waals surface area contributed by atoms with Crippen LogP contribution in [0.3, 0.4) is 0 Å². The number of rotatable bonds is 6. The molecule has 1 fully saturated rings. The average Bonchev–Trinajstić information content (AvgIpc) is 3.56. The van der Waals surface area contributed by atoms with Crippen LogP contribution in [0.4, 0.5) is 20.2 Å². The van der Waals surface area contributed by atoms with Crippen LogP contribution >= 0.6 is 0 Å². The molecule has 0 unspecified atom stereocenters. The second-order valence-electron chi connectivity index (χ2n) is 7.98. The largest absolute Gasteiger partial charge is 0.353 e. The molecule has 3 aromatic carbocycles. The Balaban J connectivity index is 1.61. The van der Waals surface area contributed by atoms with Crippen LogP contribution in [0, 0.1) is 11.6 Å². The van der Waals surface area contributed by atoms with E-state index in [1.165, 1.54) is 36.6 Å². The molecule has 0 heterocycles. The molecule has 30 heavy (non-hydrogen) atoms. The SMILES string of the molecule is CN(C)C(=O)Cc1cc(C2CC2)ccc1Nc1ccc(-c2ccc(F)cc2)cc1F. The lowest BCUT2D eigenvalue weighted by molar-refractivity contribution is -0.127. The molecule has 1 saturated carbocycles. The molecule has 0 aromatic heterocycles. The van der Waals surface area contributed by atoms with Gasteiger partial charge in [-0.25, -0.2) is 8.78 Å². The van der Waals surface area contributed by atoms with Crippen LogP contribution in [0.1, 0.15) is 29.9 Å². The number of carbonyl (C=O) groups is 1. The third-order valence-electron chi connectivity index (χ3n) is 5.43. The highest BCUT2D eigenvalue weighted by atomic mass is 19.1. The summed E-state index contributed by atoms with van der Waals surface area (Å²) < 4.78 is 28.0. The van der Waals surface area contributed by atoms with Gasteiger partial charge in [0.1, 0.15) is 11.6 Å². The molecule has 3 nitrogen and oxygen atoms in total. The van der Waals surface area contributed by atoms with Crippen LogP contribution < -0.4 is 5.32 Å². The lowest BCUT2D eigenvalue weighted by atomic mass is 10.0. The fraction of sp³-hybridized carbons (Fsp3) is 0.240. The molecule has 1 amide bonds. The van der Waals surface area contributed by atoms with Crippen molar-refractivity contribution in [2.45, 2.75) is 25.2 Å². The Kier molecular flexibility index (Phi) is 5.53. The zero-order valence-electron chi connectivity index (χ0n) is 17.1. The van der Waals surface area contributed by atoms with Crippen LogP contribution in [-0.2, 0) is 11.2 Å². The maximum Gasteiger partial charge on any atom is 0.226 e. The van der Waals surface area contributed by atoms with E-state index in [9.17, 15) is 13.6 Å². The van der Waals surface area contributed by atoms with Gasteiger partial charge in [0, 0.05) is 19.8 Å². The van der Waals surface area contributed by atoms with Crippen LogP contribution in [0.2, 0.25) is 0 Å². The van der Waals surface area contributed by atoms with Crippen molar-refractivity contribution in [2.75, 3.05) is 19.4 Å². The fourth-order valence-electron chi connectivity index (χ4n) is 3.46. The lowest BCUT2D eigenvalue weighted by Gasteiger charge is -2.17. The molecule has 0 radical (unpaired) electrons. The highest BCUT2D eigenvalue weighted by Crippen LogP contribution is 2.41. The van der Waals surface area contributed by atoms with E-state index in [4.69, 9.17) is 0 Å². The van der Waals surface area contributed by atoms with E-state index < -0.39 is 5.82 Å². The van der Waals surface area contributed by atoms with Gasteiger partial charge in [0.05, 0.1) is 12.1 Å². The number of carbonyl (C=O) groups excluding carboxylic acids is 1. The van der Waals surface area contributed by atoms with E-state index in [1.807, 2.05) is 6.07 Å². The van der Waals surface area contributed by atoms with Gasteiger partial charge in [0.2, 0.25) is 5.91 Å². The highest BCUT2D eigenvalue weighted by molar-refractivity contribution is 5.81. The summed E-state index contributed by atoms with van der Waals surface area (Å²) in [6, 6.07) is 16.9. The number of hydrogen-bond acceptors (Lipinski definition) is 2. The van der Waals surface area contributed by atoms with Crippen molar-refractivity contribution in [3.63, 3.8) is 0 Å². The zero-order valence-corrected chi connectivity index (χ0v) is 17.1. The minimum absolute atomic E-state index is 0.00173. The van der Waals surface area contributed by atoms with Crippen molar-refractivity contribution in [2.24, 2.45) is 0 Å². The smallest absolute Gasteiger partial charge is 0.226 e. The summed E-state index contributed by atoms with van der Waals surface area (Å²) in [5, 5.41) is 3.15. The van der Waals surface area contributed by atoms with E-state index in [0.717, 1.165) is 16.8 Å². The first kappa shape index (κ1) is 20.1. The van der Waals surface area contributed by atoms with E-state index in [0.29, 0.717) is 17.2 Å². The highest BCUT2D eigenvalue weighted by Gasteiger charge is 2.24. The minimum Gasteiger partial charge on any atom is -0.353 e. The van der Waals surface area contributed by atoms with Crippen molar-refractivity contribution < 1.29 is 13.6 Å². The van der Waals surface area contributed by atoms with Gasteiger partial charge in [-0.15, -0.1) is 0 Å². The Morgan fingerprint density at radius 1 is 0.933 bits per heavy atom. The maximum absolute atomic E-state index is 14.8. The van der Waals surface area contributed by atoms with Gasteiger partial charge in [-0.3, -0.25) is 4.79 Å². The Bertz CT molecular complexity index is 1070. The molecule has 5 heteroatoms. The number of halogens is 2. The molecule has 0 spiro atoms. The van der Waals surface area contributed by atoms with Gasteiger partial charge in [-0.05, 0) is 71.3 Å². The lowest BCUT2D eigenvalue weighted by Crippen LogP contribution is -2.23. The van der Waals surface area contributed by atoms with Crippen molar-refractivity contribution in [3.05, 3.63) is 83.4 Å². The van der Waals surface area contributed by atoms with Crippen LogP contribution in [0.5, 0.6) is 0 Å². The van der Waals surface area contributed by atoms with Crippen LogP contribution in [-0.4, -0.2) is 24.9 Å². The molecule has 4 rings (SSSR count). The van der Waals surface area contributed by atoms with Crippen molar-refractivity contribution in [1.29, 1.82) is 0 Å². The topological polar surface area (TPSA) is 32.3 Å². The van der Waals surface area contributed by atoms with Gasteiger partial charge in [0.15, 0.2) is 0 Å². The summed E-state index contributed by atoms with van der Waals surface area (Å²) in [6.45, 7) is 0. The first-order chi connectivity index (χ1) is 14.4. The van der Waals surface area contributed by atoms with Crippen molar-refractivity contribution in [3.8, 4) is 11.1 Å². The second kappa shape index (κ2) is 8.27. The Hall–Kier alpha value is -3.21. The fourth-order valence-corrected chi connectivity index (χ4v) is 3.46. The van der Waals surface area contributed by atoms with Crippen molar-refractivity contribution in [1.82, 2.24) is 4.90 Å². The molecule has 0 atom stereocenters. The second-order valence-corrected chi connectivity index (χ2v) is 7.98. The molecular formula is C25H24F2N2O. The Morgan fingerprint density at radius 2 is 1.60 bits per heavy atom. The Labute approximate surface area is 175 Å². The van der Waals surface area contributed by atoms with Gasteiger partial charge in [0.25, 0.3) is 0 Å². The first-order valence-electron chi connectivity index (χ1n) is 10.1. The zero-order chi connectivity index (χ0) is 21.3. The van der Waals surface area contributed by atoms with Crippen LogP contribution in [0.15, 0.2) is 60.7 Å². The number of nitrogens with one attached hydrogen (secondary N) is 1. The maximum atomic E-state index is 14.8. The monoisotopic (exact) mass is 406 g/mol. The number of nitrogens with zero attached hydrogens (tertiary/aromatic N) is 1. The number of benzene rings is 3. The van der Waals surface area contributed by atoms with Gasteiger partial charge >= 0.3 is 0 Å². The summed E-state index contributed by atoms with van der Waals surface area (Å²) >= 11 is 0. The quantitative estimate of drug-likeness (QED) is 0.554. The van der Waals surface area contributed by atoms with E-state index >= 15 is 0 Å². The normalized spacial score (nSPS) is 13.2. The molecule has 0 saturated heterocycles. The van der Waals surface area contributed by atoms with E-state index in [2.05, 4.69) is 17.4 Å². The summed E-state index contributed by atoms with van der Waals surface area (Å²) in [6.07, 6.45) is 2.60. The molecule has 1 aliphatic rings. The first-order valence-corrected chi connectivity index (χ1v) is 10.1. The Morgan fingerprint density at radius 3 is 2.23 bits per heavy atom. The summed E-state index contributed by atoms with van der Waals surface area (Å²) in [5.41, 5.74) is 4.56. The van der Waals surface area contributed by atoms with Gasteiger partial charge in [-0.2, -0.15) is 0 Å². The molecule has 3 aromatic rings. The number of likely N-dealkylation sites (N-methyl/N-ethyl adjacent to an activating group) is 1. The van der Waals surface area contributed by atoms with Crippen LogP contribution in [0.25, 0.3) is 11.1 Å². The molecule has 0 bridgehead atoms. The standard InChI is InChI=1S/C25H24F2N2O/c1-29(2)25(30)15-20-13-18(16-3-4-16)7-11-23(20)28-24-12-8-19(14-22(24)27)17-5-9-21(26)10-6-17/h5-14,16,28H,3-4,15H2,1-2H3. The predicted molar refractivity (Wildman–Crippen MR) is 116 cm³/mol.